The molecule has 0 aromatic heterocycles. The number of benzene rings is 2. The van der Waals surface area contributed by atoms with E-state index >= 15 is 0 Å². The zero-order valence-electron chi connectivity index (χ0n) is 11.3. The lowest BCUT2D eigenvalue weighted by Crippen LogP contribution is -2.23. The number of anilines is 1. The van der Waals surface area contributed by atoms with E-state index in [1.54, 1.807) is 18.2 Å². The summed E-state index contributed by atoms with van der Waals surface area (Å²) in [6.45, 7) is 1.91. The summed E-state index contributed by atoms with van der Waals surface area (Å²) in [5.74, 6) is -0.241. The monoisotopic (exact) mass is 335 g/mol. The first kappa shape index (κ1) is 14.7. The summed E-state index contributed by atoms with van der Waals surface area (Å²) in [5, 5.41) is 0. The summed E-state index contributed by atoms with van der Waals surface area (Å²) in [6.07, 6.45) is 0.812. The molecule has 0 spiro atoms. The maximum Gasteiger partial charge on any atom is 0.152 e. The Labute approximate surface area is 126 Å². The standard InChI is InChI=1S/C16H15BrFNO/c1-11(14-5-3-4-6-15(14)18)19(2)16-9-13(17)8-7-12(16)10-20/h3-11H,1-2H3. The van der Waals surface area contributed by atoms with E-state index in [1.165, 1.54) is 6.07 Å². The fourth-order valence-corrected chi connectivity index (χ4v) is 2.50. The molecule has 2 aromatic rings. The second-order valence-corrected chi connectivity index (χ2v) is 5.55. The SMILES string of the molecule is CC(c1ccccc1F)N(C)c1cc(Br)ccc1C=O. The molecule has 2 aromatic carbocycles. The van der Waals surface area contributed by atoms with Crippen LogP contribution in [0.5, 0.6) is 0 Å². The van der Waals surface area contributed by atoms with Gasteiger partial charge in [0.2, 0.25) is 0 Å². The molecule has 4 heteroatoms. The van der Waals surface area contributed by atoms with Crippen LogP contribution in [0.2, 0.25) is 0 Å². The smallest absolute Gasteiger partial charge is 0.152 e. The zero-order chi connectivity index (χ0) is 14.7. The molecule has 0 saturated heterocycles. The van der Waals surface area contributed by atoms with E-state index in [1.807, 2.05) is 37.1 Å². The maximum atomic E-state index is 13.9. The number of halogens is 2. The predicted octanol–water partition coefficient (Wildman–Crippen LogP) is 4.60. The summed E-state index contributed by atoms with van der Waals surface area (Å²) in [4.78, 5) is 13.0. The molecule has 2 nitrogen and oxygen atoms in total. The van der Waals surface area contributed by atoms with Gasteiger partial charge in [0.15, 0.2) is 6.29 Å². The highest BCUT2D eigenvalue weighted by atomic mass is 79.9. The largest absolute Gasteiger partial charge is 0.367 e. The van der Waals surface area contributed by atoms with Crippen LogP contribution in [0, 0.1) is 5.82 Å². The number of aldehydes is 1. The van der Waals surface area contributed by atoms with Crippen molar-refractivity contribution >= 4 is 27.9 Å². The van der Waals surface area contributed by atoms with Crippen LogP contribution in [0.1, 0.15) is 28.9 Å². The van der Waals surface area contributed by atoms with Gasteiger partial charge in [0.25, 0.3) is 0 Å². The van der Waals surface area contributed by atoms with Crippen molar-refractivity contribution in [3.8, 4) is 0 Å². The van der Waals surface area contributed by atoms with Crippen LogP contribution in [-0.4, -0.2) is 13.3 Å². The van der Waals surface area contributed by atoms with Gasteiger partial charge >= 0.3 is 0 Å². The lowest BCUT2D eigenvalue weighted by atomic mass is 10.0. The minimum absolute atomic E-state index is 0.177. The van der Waals surface area contributed by atoms with Crippen molar-refractivity contribution in [2.75, 3.05) is 11.9 Å². The average Bonchev–Trinajstić information content (AvgIpc) is 2.46. The van der Waals surface area contributed by atoms with Gasteiger partial charge in [0.05, 0.1) is 6.04 Å². The Bertz CT molecular complexity index is 630. The average molecular weight is 336 g/mol. The Morgan fingerprint density at radius 1 is 1.25 bits per heavy atom. The van der Waals surface area contributed by atoms with E-state index in [9.17, 15) is 9.18 Å². The van der Waals surface area contributed by atoms with Crippen molar-refractivity contribution in [1.29, 1.82) is 0 Å². The van der Waals surface area contributed by atoms with Crippen LogP contribution in [0.15, 0.2) is 46.9 Å². The molecular formula is C16H15BrFNO. The van der Waals surface area contributed by atoms with Crippen molar-refractivity contribution in [3.05, 3.63) is 63.9 Å². The molecular weight excluding hydrogens is 321 g/mol. The van der Waals surface area contributed by atoms with Crippen LogP contribution in [0.4, 0.5) is 10.1 Å². The number of carbonyl (C=O) groups excluding carboxylic acids is 1. The van der Waals surface area contributed by atoms with Gasteiger partial charge in [-0.1, -0.05) is 34.1 Å². The van der Waals surface area contributed by atoms with E-state index < -0.39 is 0 Å². The zero-order valence-corrected chi connectivity index (χ0v) is 12.9. The Kier molecular flexibility index (Phi) is 4.55. The topological polar surface area (TPSA) is 20.3 Å². The van der Waals surface area contributed by atoms with Crippen LogP contribution in [-0.2, 0) is 0 Å². The fourth-order valence-electron chi connectivity index (χ4n) is 2.15. The maximum absolute atomic E-state index is 13.9. The molecule has 0 radical (unpaired) electrons. The molecule has 20 heavy (non-hydrogen) atoms. The van der Waals surface area contributed by atoms with Gasteiger partial charge < -0.3 is 4.90 Å². The highest BCUT2D eigenvalue weighted by Crippen LogP contribution is 2.30. The Balaban J connectivity index is 2.41. The summed E-state index contributed by atoms with van der Waals surface area (Å²) >= 11 is 3.40. The molecule has 0 aliphatic heterocycles. The molecule has 0 N–H and O–H groups in total. The Morgan fingerprint density at radius 3 is 2.60 bits per heavy atom. The number of nitrogens with zero attached hydrogens (tertiary/aromatic N) is 1. The van der Waals surface area contributed by atoms with Crippen LogP contribution >= 0.6 is 15.9 Å². The predicted molar refractivity (Wildman–Crippen MR) is 82.7 cm³/mol. The Hall–Kier alpha value is -1.68. The van der Waals surface area contributed by atoms with Gasteiger partial charge in [0, 0.05) is 28.3 Å². The second-order valence-electron chi connectivity index (χ2n) is 4.63. The molecule has 104 valence electrons. The normalized spacial score (nSPS) is 12.0. The highest BCUT2D eigenvalue weighted by Gasteiger charge is 2.18. The van der Waals surface area contributed by atoms with Gasteiger partial charge in [-0.2, -0.15) is 0 Å². The summed E-state index contributed by atoms with van der Waals surface area (Å²) in [5.41, 5.74) is 1.95. The molecule has 2 rings (SSSR count). The summed E-state index contributed by atoms with van der Waals surface area (Å²) < 4.78 is 14.8. The fraction of sp³-hybridized carbons (Fsp3) is 0.188. The molecule has 0 amide bonds. The van der Waals surface area contributed by atoms with Crippen LogP contribution in [0.3, 0.4) is 0 Å². The van der Waals surface area contributed by atoms with Crippen molar-refractivity contribution in [2.24, 2.45) is 0 Å². The molecule has 0 bridgehead atoms. The van der Waals surface area contributed by atoms with Crippen molar-refractivity contribution in [3.63, 3.8) is 0 Å². The third-order valence-corrected chi connectivity index (χ3v) is 3.93. The lowest BCUT2D eigenvalue weighted by molar-refractivity contribution is 0.112. The van der Waals surface area contributed by atoms with Gasteiger partial charge in [0.1, 0.15) is 5.82 Å². The summed E-state index contributed by atoms with van der Waals surface area (Å²) in [7, 11) is 1.85. The molecule has 0 aliphatic rings. The van der Waals surface area contributed by atoms with Crippen LogP contribution < -0.4 is 4.90 Å². The number of rotatable bonds is 4. The highest BCUT2D eigenvalue weighted by molar-refractivity contribution is 9.10. The van der Waals surface area contributed by atoms with E-state index in [0.717, 1.165) is 16.4 Å². The lowest BCUT2D eigenvalue weighted by Gasteiger charge is -2.29. The van der Waals surface area contributed by atoms with Crippen LogP contribution in [0.25, 0.3) is 0 Å². The van der Waals surface area contributed by atoms with E-state index in [4.69, 9.17) is 0 Å². The minimum atomic E-state index is -0.241. The number of hydrogen-bond acceptors (Lipinski definition) is 2. The van der Waals surface area contributed by atoms with E-state index in [-0.39, 0.29) is 11.9 Å². The first-order valence-corrected chi connectivity index (χ1v) is 7.06. The number of hydrogen-bond donors (Lipinski definition) is 0. The molecule has 1 unspecified atom stereocenters. The van der Waals surface area contributed by atoms with Crippen molar-refractivity contribution in [2.45, 2.75) is 13.0 Å². The van der Waals surface area contributed by atoms with E-state index in [2.05, 4.69) is 15.9 Å². The molecule has 0 saturated carbocycles. The van der Waals surface area contributed by atoms with Crippen molar-refractivity contribution in [1.82, 2.24) is 0 Å². The first-order valence-electron chi connectivity index (χ1n) is 6.26. The summed E-state index contributed by atoms with van der Waals surface area (Å²) in [6, 6.07) is 11.9. The molecule has 1 atom stereocenters. The second kappa shape index (κ2) is 6.18. The third kappa shape index (κ3) is 2.90. The quantitative estimate of drug-likeness (QED) is 0.761. The minimum Gasteiger partial charge on any atom is -0.367 e. The molecule has 0 heterocycles. The van der Waals surface area contributed by atoms with Crippen molar-refractivity contribution < 1.29 is 9.18 Å². The number of carbonyl (C=O) groups is 1. The van der Waals surface area contributed by atoms with E-state index in [0.29, 0.717) is 11.1 Å². The first-order chi connectivity index (χ1) is 9.54. The Morgan fingerprint density at radius 2 is 1.95 bits per heavy atom. The van der Waals surface area contributed by atoms with Gasteiger partial charge in [-0.25, -0.2) is 4.39 Å². The van der Waals surface area contributed by atoms with Gasteiger partial charge in [-0.3, -0.25) is 4.79 Å². The molecule has 0 fully saturated rings. The van der Waals surface area contributed by atoms with Gasteiger partial charge in [-0.15, -0.1) is 0 Å². The third-order valence-electron chi connectivity index (χ3n) is 3.44. The molecule has 0 aliphatic carbocycles. The van der Waals surface area contributed by atoms with Gasteiger partial charge in [-0.05, 0) is 31.2 Å².